The maximum absolute atomic E-state index is 12.5. The van der Waals surface area contributed by atoms with Gasteiger partial charge in [-0.3, -0.25) is 14.6 Å². The summed E-state index contributed by atoms with van der Waals surface area (Å²) < 4.78 is 4.92. The van der Waals surface area contributed by atoms with Gasteiger partial charge in [0, 0.05) is 25.4 Å². The summed E-state index contributed by atoms with van der Waals surface area (Å²) in [6.45, 7) is 4.41. The Morgan fingerprint density at radius 3 is 2.27 bits per heavy atom. The Kier molecular flexibility index (Phi) is 3.58. The first-order valence-electron chi connectivity index (χ1n) is 6.92. The fourth-order valence-corrected chi connectivity index (χ4v) is 2.27. The molecule has 0 bridgehead atoms. The molecule has 114 valence electrons. The van der Waals surface area contributed by atoms with Gasteiger partial charge in [-0.15, -0.1) is 0 Å². The molecule has 1 saturated heterocycles. The number of carbonyl (C=O) groups is 2. The molecule has 0 saturated carbocycles. The Balaban J connectivity index is 1.82. The van der Waals surface area contributed by atoms with Crippen LogP contribution in [-0.2, 0) is 0 Å². The van der Waals surface area contributed by atoms with Gasteiger partial charge >= 0.3 is 0 Å². The van der Waals surface area contributed by atoms with Crippen molar-refractivity contribution in [3.8, 4) is 0 Å². The van der Waals surface area contributed by atoms with Crippen LogP contribution in [0.1, 0.15) is 38.9 Å². The SMILES string of the molecule is Cc1cnc(C(=O)N2CCCN2C(=O)c2cc(C)on2)cn1. The van der Waals surface area contributed by atoms with Gasteiger partial charge in [0.05, 0.1) is 11.9 Å². The average Bonchev–Trinajstić information content (AvgIpc) is 3.15. The van der Waals surface area contributed by atoms with Gasteiger partial charge in [-0.05, 0) is 20.3 Å². The molecular formula is C14H15N5O3. The van der Waals surface area contributed by atoms with Gasteiger partial charge in [-0.25, -0.2) is 15.0 Å². The van der Waals surface area contributed by atoms with Gasteiger partial charge in [0.25, 0.3) is 11.8 Å². The van der Waals surface area contributed by atoms with E-state index in [1.54, 1.807) is 19.9 Å². The highest BCUT2D eigenvalue weighted by Crippen LogP contribution is 2.17. The Bertz CT molecular complexity index is 710. The first kappa shape index (κ1) is 14.2. The Morgan fingerprint density at radius 1 is 1.05 bits per heavy atom. The van der Waals surface area contributed by atoms with Crippen LogP contribution in [0.4, 0.5) is 0 Å². The van der Waals surface area contributed by atoms with Crippen LogP contribution in [0.3, 0.4) is 0 Å². The van der Waals surface area contributed by atoms with E-state index in [9.17, 15) is 9.59 Å². The van der Waals surface area contributed by atoms with Crippen molar-refractivity contribution in [1.29, 1.82) is 0 Å². The molecule has 1 aliphatic heterocycles. The first-order valence-corrected chi connectivity index (χ1v) is 6.92. The van der Waals surface area contributed by atoms with Crippen molar-refractivity contribution in [3.63, 3.8) is 0 Å². The third-order valence-corrected chi connectivity index (χ3v) is 3.35. The maximum atomic E-state index is 12.5. The van der Waals surface area contributed by atoms with E-state index in [0.717, 1.165) is 5.69 Å². The average molecular weight is 301 g/mol. The minimum absolute atomic E-state index is 0.187. The van der Waals surface area contributed by atoms with Gasteiger partial charge in [-0.1, -0.05) is 5.16 Å². The monoisotopic (exact) mass is 301 g/mol. The third kappa shape index (κ3) is 2.54. The number of hydrogen-bond donors (Lipinski definition) is 0. The maximum Gasteiger partial charge on any atom is 0.294 e. The van der Waals surface area contributed by atoms with Crippen LogP contribution in [0.15, 0.2) is 23.0 Å². The van der Waals surface area contributed by atoms with Crippen LogP contribution >= 0.6 is 0 Å². The van der Waals surface area contributed by atoms with Crippen molar-refractivity contribution in [3.05, 3.63) is 41.3 Å². The molecule has 0 spiro atoms. The molecule has 3 rings (SSSR count). The summed E-state index contributed by atoms with van der Waals surface area (Å²) >= 11 is 0. The van der Waals surface area contributed by atoms with Crippen LogP contribution in [0.25, 0.3) is 0 Å². The molecule has 0 N–H and O–H groups in total. The summed E-state index contributed by atoms with van der Waals surface area (Å²) in [5, 5.41) is 6.46. The van der Waals surface area contributed by atoms with Crippen molar-refractivity contribution >= 4 is 11.8 Å². The van der Waals surface area contributed by atoms with E-state index in [2.05, 4.69) is 15.1 Å². The summed E-state index contributed by atoms with van der Waals surface area (Å²) in [6, 6.07) is 1.55. The second-order valence-electron chi connectivity index (χ2n) is 5.08. The first-order chi connectivity index (χ1) is 10.6. The lowest BCUT2D eigenvalue weighted by molar-refractivity contribution is 0.0176. The van der Waals surface area contributed by atoms with Crippen LogP contribution in [-0.4, -0.2) is 50.0 Å². The smallest absolute Gasteiger partial charge is 0.294 e. The zero-order valence-corrected chi connectivity index (χ0v) is 12.3. The minimum atomic E-state index is -0.359. The van der Waals surface area contributed by atoms with E-state index >= 15 is 0 Å². The molecule has 0 aromatic carbocycles. The second kappa shape index (κ2) is 5.55. The number of aromatic nitrogens is 3. The zero-order chi connectivity index (χ0) is 15.7. The number of hydrogen-bond acceptors (Lipinski definition) is 6. The van der Waals surface area contributed by atoms with Crippen LogP contribution in [0, 0.1) is 13.8 Å². The highest BCUT2D eigenvalue weighted by molar-refractivity contribution is 5.97. The molecule has 2 aromatic rings. The van der Waals surface area contributed by atoms with E-state index in [0.29, 0.717) is 25.3 Å². The number of hydrazine groups is 1. The summed E-state index contributed by atoms with van der Waals surface area (Å²) in [5.41, 5.74) is 1.12. The van der Waals surface area contributed by atoms with Gasteiger partial charge in [0.15, 0.2) is 5.69 Å². The Hall–Kier alpha value is -2.77. The predicted molar refractivity (Wildman–Crippen MR) is 74.7 cm³/mol. The highest BCUT2D eigenvalue weighted by atomic mass is 16.5. The fraction of sp³-hybridized carbons (Fsp3) is 0.357. The minimum Gasteiger partial charge on any atom is -0.361 e. The quantitative estimate of drug-likeness (QED) is 0.821. The Morgan fingerprint density at radius 2 is 1.73 bits per heavy atom. The van der Waals surface area contributed by atoms with E-state index < -0.39 is 0 Å². The lowest BCUT2D eigenvalue weighted by atomic mass is 10.3. The number of aryl methyl sites for hydroxylation is 2. The molecule has 1 aliphatic rings. The summed E-state index contributed by atoms with van der Waals surface area (Å²) in [4.78, 5) is 33.1. The summed E-state index contributed by atoms with van der Waals surface area (Å²) in [7, 11) is 0. The van der Waals surface area contributed by atoms with Crippen molar-refractivity contribution < 1.29 is 14.1 Å². The third-order valence-electron chi connectivity index (χ3n) is 3.35. The lowest BCUT2D eigenvalue weighted by Gasteiger charge is -2.26. The fourth-order valence-electron chi connectivity index (χ4n) is 2.27. The van der Waals surface area contributed by atoms with E-state index in [4.69, 9.17) is 4.52 Å². The lowest BCUT2D eigenvalue weighted by Crippen LogP contribution is -2.45. The summed E-state index contributed by atoms with van der Waals surface area (Å²) in [5.74, 6) is -0.161. The molecule has 0 aliphatic carbocycles. The molecule has 1 fully saturated rings. The molecule has 3 heterocycles. The molecule has 22 heavy (non-hydrogen) atoms. The molecule has 8 heteroatoms. The zero-order valence-electron chi connectivity index (χ0n) is 12.3. The van der Waals surface area contributed by atoms with Gasteiger partial charge < -0.3 is 4.52 Å². The standard InChI is InChI=1S/C14H15N5O3/c1-9-7-16-12(8-15-9)14(21)19-5-3-4-18(19)13(20)11-6-10(2)22-17-11/h6-8H,3-5H2,1-2H3. The van der Waals surface area contributed by atoms with Crippen LogP contribution < -0.4 is 0 Å². The topological polar surface area (TPSA) is 92.4 Å². The molecule has 0 radical (unpaired) electrons. The van der Waals surface area contributed by atoms with E-state index in [1.165, 1.54) is 22.4 Å². The van der Waals surface area contributed by atoms with Crippen molar-refractivity contribution in [2.24, 2.45) is 0 Å². The molecule has 0 atom stereocenters. The van der Waals surface area contributed by atoms with E-state index in [-0.39, 0.29) is 23.2 Å². The number of carbonyl (C=O) groups excluding carboxylic acids is 2. The molecule has 2 aromatic heterocycles. The molecular weight excluding hydrogens is 286 g/mol. The second-order valence-corrected chi connectivity index (χ2v) is 5.08. The molecule has 8 nitrogen and oxygen atoms in total. The van der Waals surface area contributed by atoms with Crippen molar-refractivity contribution in [2.75, 3.05) is 13.1 Å². The van der Waals surface area contributed by atoms with Crippen LogP contribution in [0.2, 0.25) is 0 Å². The molecule has 0 unspecified atom stereocenters. The number of amides is 2. The van der Waals surface area contributed by atoms with Crippen molar-refractivity contribution in [1.82, 2.24) is 25.1 Å². The van der Waals surface area contributed by atoms with Gasteiger partial charge in [-0.2, -0.15) is 0 Å². The normalized spacial score (nSPS) is 14.5. The largest absolute Gasteiger partial charge is 0.361 e. The van der Waals surface area contributed by atoms with Gasteiger partial charge in [0.1, 0.15) is 11.5 Å². The molecule has 2 amide bonds. The predicted octanol–water partition coefficient (Wildman–Crippen LogP) is 0.985. The summed E-state index contributed by atoms with van der Waals surface area (Å²) in [6.07, 6.45) is 3.64. The van der Waals surface area contributed by atoms with Crippen LogP contribution in [0.5, 0.6) is 0 Å². The Labute approximate surface area is 126 Å². The van der Waals surface area contributed by atoms with E-state index in [1.807, 2.05) is 0 Å². The highest BCUT2D eigenvalue weighted by Gasteiger charge is 2.33. The number of nitrogens with zero attached hydrogens (tertiary/aromatic N) is 5. The van der Waals surface area contributed by atoms with Crippen molar-refractivity contribution in [2.45, 2.75) is 20.3 Å². The van der Waals surface area contributed by atoms with Gasteiger partial charge in [0.2, 0.25) is 0 Å². The number of rotatable bonds is 2.